The Kier molecular flexibility index (Phi) is 7.37. The minimum absolute atomic E-state index is 0.229. The van der Waals surface area contributed by atoms with E-state index in [0.717, 1.165) is 22.0 Å². The summed E-state index contributed by atoms with van der Waals surface area (Å²) in [6.07, 6.45) is 0.510. The minimum Gasteiger partial charge on any atom is -0.507 e. The van der Waals surface area contributed by atoms with Crippen LogP contribution in [0.15, 0.2) is 30.3 Å². The van der Waals surface area contributed by atoms with E-state index < -0.39 is 6.04 Å². The normalized spacial score (nSPS) is 11.9. The molecule has 2 rings (SSSR count). The first-order valence-corrected chi connectivity index (χ1v) is 10.1. The van der Waals surface area contributed by atoms with Crippen LogP contribution in [0.3, 0.4) is 0 Å². The maximum Gasteiger partial charge on any atom is 0.364 e. The van der Waals surface area contributed by atoms with Crippen molar-refractivity contribution < 1.29 is 25.1 Å². The number of phenols is 1. The van der Waals surface area contributed by atoms with E-state index in [2.05, 4.69) is 73.5 Å². The van der Waals surface area contributed by atoms with Crippen molar-refractivity contribution in [1.29, 1.82) is 0 Å². The maximum absolute atomic E-state index is 11.5. The van der Waals surface area contributed by atoms with E-state index in [0.29, 0.717) is 12.2 Å². The van der Waals surface area contributed by atoms with Crippen LogP contribution in [-0.2, 0) is 16.0 Å². The number of hydrogen-bond acceptors (Lipinski definition) is 4. The molecule has 0 aliphatic carbocycles. The summed E-state index contributed by atoms with van der Waals surface area (Å²) in [6.45, 7) is 0. The molecule has 0 aromatic heterocycles. The standard InChI is InChI=1S/C16H14I3NO4/c1-23-16(22)13(20)6-8-4-11(18)15(12(19)5-8)24-9-2-3-14(21)10(17)7-9/h2-5,7,13,21H,6,20H2,1H3/p+1. The van der Waals surface area contributed by atoms with Gasteiger partial charge in [-0.2, -0.15) is 0 Å². The Morgan fingerprint density at radius 2 is 1.79 bits per heavy atom. The van der Waals surface area contributed by atoms with Gasteiger partial charge in [-0.05, 0) is 104 Å². The van der Waals surface area contributed by atoms with Crippen LogP contribution < -0.4 is 10.5 Å². The highest BCUT2D eigenvalue weighted by Gasteiger charge is 2.20. The van der Waals surface area contributed by atoms with Gasteiger partial charge in [0.2, 0.25) is 0 Å². The summed E-state index contributed by atoms with van der Waals surface area (Å²) in [5.41, 5.74) is 4.84. The second-order valence-electron chi connectivity index (χ2n) is 5.03. The zero-order chi connectivity index (χ0) is 17.9. The summed E-state index contributed by atoms with van der Waals surface area (Å²) in [5, 5.41) is 9.59. The number of benzene rings is 2. The topological polar surface area (TPSA) is 83.4 Å². The third kappa shape index (κ3) is 5.08. The molecule has 0 aliphatic heterocycles. The Labute approximate surface area is 180 Å². The minimum atomic E-state index is -0.438. The maximum atomic E-state index is 11.5. The van der Waals surface area contributed by atoms with Gasteiger partial charge >= 0.3 is 5.97 Å². The monoisotopic (exact) mass is 666 g/mol. The largest absolute Gasteiger partial charge is 0.507 e. The number of methoxy groups -OCH3 is 1. The highest BCUT2D eigenvalue weighted by Crippen LogP contribution is 2.34. The van der Waals surface area contributed by atoms with Crippen molar-refractivity contribution in [3.8, 4) is 17.2 Å². The molecule has 0 heterocycles. The van der Waals surface area contributed by atoms with Crippen molar-refractivity contribution in [3.05, 3.63) is 46.6 Å². The number of hydrogen-bond donors (Lipinski definition) is 2. The second-order valence-corrected chi connectivity index (χ2v) is 8.51. The average molecular weight is 666 g/mol. The third-order valence-electron chi connectivity index (χ3n) is 3.21. The van der Waals surface area contributed by atoms with E-state index in [1.165, 1.54) is 7.11 Å². The fourth-order valence-corrected chi connectivity index (χ4v) is 4.64. The fourth-order valence-electron chi connectivity index (χ4n) is 2.03. The molecule has 0 fully saturated rings. The first-order chi connectivity index (χ1) is 11.3. The Morgan fingerprint density at radius 3 is 2.33 bits per heavy atom. The van der Waals surface area contributed by atoms with E-state index in [1.54, 1.807) is 18.2 Å². The van der Waals surface area contributed by atoms with Gasteiger partial charge in [0, 0.05) is 6.42 Å². The van der Waals surface area contributed by atoms with Crippen molar-refractivity contribution in [3.63, 3.8) is 0 Å². The number of esters is 1. The quantitative estimate of drug-likeness (QED) is 0.380. The lowest BCUT2D eigenvalue weighted by molar-refractivity contribution is -0.407. The summed E-state index contributed by atoms with van der Waals surface area (Å²) in [5.74, 6) is 1.32. The van der Waals surface area contributed by atoms with Crippen molar-refractivity contribution in [2.45, 2.75) is 12.5 Å². The van der Waals surface area contributed by atoms with Crippen LogP contribution >= 0.6 is 67.8 Å². The molecule has 1 unspecified atom stereocenters. The molecular weight excluding hydrogens is 651 g/mol. The SMILES string of the molecule is COC(=O)C([NH3+])Cc1cc(I)c(Oc2ccc(O)c(I)c2)c(I)c1. The highest BCUT2D eigenvalue weighted by atomic mass is 127. The number of carbonyl (C=O) groups excluding carboxylic acids is 1. The highest BCUT2D eigenvalue weighted by molar-refractivity contribution is 14.1. The predicted molar refractivity (Wildman–Crippen MR) is 115 cm³/mol. The zero-order valence-corrected chi connectivity index (χ0v) is 19.2. The van der Waals surface area contributed by atoms with Crippen LogP contribution in [0.25, 0.3) is 0 Å². The molecule has 128 valence electrons. The van der Waals surface area contributed by atoms with Gasteiger partial charge in [0.25, 0.3) is 0 Å². The van der Waals surface area contributed by atoms with E-state index in [1.807, 2.05) is 12.1 Å². The number of aromatic hydroxyl groups is 1. The van der Waals surface area contributed by atoms with Crippen LogP contribution in [0.5, 0.6) is 17.2 Å². The van der Waals surface area contributed by atoms with Crippen molar-refractivity contribution >= 4 is 73.7 Å². The molecule has 0 bridgehead atoms. The third-order valence-corrected chi connectivity index (χ3v) is 5.68. The van der Waals surface area contributed by atoms with Crippen LogP contribution in [0.1, 0.15) is 5.56 Å². The van der Waals surface area contributed by atoms with Gasteiger partial charge in [-0.1, -0.05) is 0 Å². The van der Waals surface area contributed by atoms with Gasteiger partial charge in [0.05, 0.1) is 17.8 Å². The molecule has 1 atom stereocenters. The lowest BCUT2D eigenvalue weighted by Gasteiger charge is -2.13. The summed E-state index contributed by atoms with van der Waals surface area (Å²) in [6, 6.07) is 8.62. The van der Waals surface area contributed by atoms with E-state index in [9.17, 15) is 9.90 Å². The molecule has 0 radical (unpaired) electrons. The smallest absolute Gasteiger partial charge is 0.364 e. The molecule has 4 N–H and O–H groups in total. The van der Waals surface area contributed by atoms with Crippen molar-refractivity contribution in [1.82, 2.24) is 0 Å². The van der Waals surface area contributed by atoms with Crippen molar-refractivity contribution in [2.24, 2.45) is 0 Å². The zero-order valence-electron chi connectivity index (χ0n) is 12.7. The van der Waals surface area contributed by atoms with Gasteiger partial charge in [-0.25, -0.2) is 4.79 Å². The fraction of sp³-hybridized carbons (Fsp3) is 0.188. The lowest BCUT2D eigenvalue weighted by atomic mass is 10.1. The number of quaternary nitrogens is 1. The first kappa shape index (κ1) is 20.0. The summed E-state index contributed by atoms with van der Waals surface area (Å²) >= 11 is 6.47. The Bertz CT molecular complexity index is 744. The van der Waals surface area contributed by atoms with Gasteiger partial charge in [-0.3, -0.25) is 0 Å². The molecule has 0 saturated carbocycles. The molecule has 24 heavy (non-hydrogen) atoms. The number of phenolic OH excluding ortho intramolecular Hbond substituents is 1. The van der Waals surface area contributed by atoms with Gasteiger partial charge in [-0.15, -0.1) is 0 Å². The average Bonchev–Trinajstić information content (AvgIpc) is 2.53. The molecule has 2 aromatic carbocycles. The second kappa shape index (κ2) is 8.85. The Hall–Kier alpha value is -0.340. The number of rotatable bonds is 5. The number of halogens is 3. The van der Waals surface area contributed by atoms with Gasteiger partial charge in [0.1, 0.15) is 11.5 Å². The molecule has 0 amide bonds. The number of carbonyl (C=O) groups is 1. The molecule has 5 nitrogen and oxygen atoms in total. The molecule has 8 heteroatoms. The molecular formula is C16H15I3NO4+. The summed E-state index contributed by atoms with van der Waals surface area (Å²) in [7, 11) is 1.37. The van der Waals surface area contributed by atoms with Crippen LogP contribution in [0, 0.1) is 10.7 Å². The predicted octanol–water partition coefficient (Wildman–Crippen LogP) is 3.32. The van der Waals surface area contributed by atoms with E-state index in [-0.39, 0.29) is 11.7 Å². The van der Waals surface area contributed by atoms with Crippen molar-refractivity contribution in [2.75, 3.05) is 7.11 Å². The Morgan fingerprint density at radius 1 is 1.17 bits per heavy atom. The number of ether oxygens (including phenoxy) is 2. The molecule has 0 spiro atoms. The summed E-state index contributed by atoms with van der Waals surface area (Å²) < 4.78 is 13.3. The van der Waals surface area contributed by atoms with Gasteiger partial charge in [0.15, 0.2) is 11.8 Å². The van der Waals surface area contributed by atoms with Crippen LogP contribution in [0.2, 0.25) is 0 Å². The van der Waals surface area contributed by atoms with E-state index >= 15 is 0 Å². The molecule has 0 aliphatic rings. The lowest BCUT2D eigenvalue weighted by Crippen LogP contribution is -2.66. The first-order valence-electron chi connectivity index (χ1n) is 6.87. The Balaban J connectivity index is 2.23. The van der Waals surface area contributed by atoms with Gasteiger partial charge < -0.3 is 20.3 Å². The summed E-state index contributed by atoms with van der Waals surface area (Å²) in [4.78, 5) is 11.5. The van der Waals surface area contributed by atoms with Crippen LogP contribution in [0.4, 0.5) is 0 Å². The van der Waals surface area contributed by atoms with Crippen LogP contribution in [-0.4, -0.2) is 24.2 Å². The molecule has 0 saturated heterocycles. The molecule has 2 aromatic rings. The van der Waals surface area contributed by atoms with E-state index in [4.69, 9.17) is 9.47 Å².